The van der Waals surface area contributed by atoms with Crippen LogP contribution in [0.5, 0.6) is 0 Å². The summed E-state index contributed by atoms with van der Waals surface area (Å²) < 4.78 is 24.7. The van der Waals surface area contributed by atoms with E-state index in [0.29, 0.717) is 11.4 Å². The van der Waals surface area contributed by atoms with Crippen molar-refractivity contribution in [3.63, 3.8) is 0 Å². The Labute approximate surface area is 113 Å². The van der Waals surface area contributed by atoms with Gasteiger partial charge in [0.15, 0.2) is 15.1 Å². The molecule has 0 spiro atoms. The standard InChI is InChI=1S/C13H16ClNO2S/c1-3-4-10(2)13(9-15)18(16,17)12-7-5-11(14)6-8-12/h5-8,10,13H,3-4H2,1-2H3. The van der Waals surface area contributed by atoms with Crippen LogP contribution in [-0.4, -0.2) is 13.7 Å². The molecule has 0 aliphatic rings. The van der Waals surface area contributed by atoms with E-state index in [1.165, 1.54) is 24.3 Å². The smallest absolute Gasteiger partial charge is 0.194 e. The summed E-state index contributed by atoms with van der Waals surface area (Å²) in [5, 5.41) is 8.59. The van der Waals surface area contributed by atoms with E-state index in [9.17, 15) is 8.42 Å². The first kappa shape index (κ1) is 15.0. The highest BCUT2D eigenvalue weighted by molar-refractivity contribution is 7.92. The topological polar surface area (TPSA) is 57.9 Å². The predicted molar refractivity (Wildman–Crippen MR) is 72.1 cm³/mol. The first-order valence-electron chi connectivity index (χ1n) is 5.82. The van der Waals surface area contributed by atoms with Crippen molar-refractivity contribution < 1.29 is 8.42 Å². The third-order valence-electron chi connectivity index (χ3n) is 2.86. The molecule has 2 unspecified atom stereocenters. The zero-order chi connectivity index (χ0) is 13.8. The summed E-state index contributed by atoms with van der Waals surface area (Å²) in [6, 6.07) is 7.85. The molecule has 0 saturated carbocycles. The maximum Gasteiger partial charge on any atom is 0.194 e. The molecule has 0 saturated heterocycles. The van der Waals surface area contributed by atoms with Gasteiger partial charge in [-0.05, 0) is 36.6 Å². The van der Waals surface area contributed by atoms with E-state index in [4.69, 9.17) is 16.9 Å². The van der Waals surface area contributed by atoms with Gasteiger partial charge in [-0.3, -0.25) is 0 Å². The van der Waals surface area contributed by atoms with Crippen LogP contribution < -0.4 is 0 Å². The first-order valence-corrected chi connectivity index (χ1v) is 7.75. The molecule has 1 aromatic carbocycles. The fourth-order valence-electron chi connectivity index (χ4n) is 1.88. The van der Waals surface area contributed by atoms with Gasteiger partial charge in [0, 0.05) is 5.02 Å². The molecule has 5 heteroatoms. The lowest BCUT2D eigenvalue weighted by Gasteiger charge is -2.17. The summed E-state index contributed by atoms with van der Waals surface area (Å²) in [7, 11) is -3.61. The van der Waals surface area contributed by atoms with Crippen LogP contribution in [0.1, 0.15) is 26.7 Å². The predicted octanol–water partition coefficient (Wildman–Crippen LogP) is 3.44. The van der Waals surface area contributed by atoms with Gasteiger partial charge in [0.05, 0.1) is 11.0 Å². The molecule has 0 heterocycles. The average Bonchev–Trinajstić information content (AvgIpc) is 2.30. The Morgan fingerprint density at radius 2 is 1.89 bits per heavy atom. The highest BCUT2D eigenvalue weighted by atomic mass is 35.5. The van der Waals surface area contributed by atoms with E-state index in [0.717, 1.165) is 6.42 Å². The molecule has 0 aromatic heterocycles. The minimum atomic E-state index is -3.61. The van der Waals surface area contributed by atoms with Crippen molar-refractivity contribution in [3.8, 4) is 6.07 Å². The summed E-state index contributed by atoms with van der Waals surface area (Å²) in [6.07, 6.45) is 1.57. The maximum absolute atomic E-state index is 12.3. The second-order valence-corrected chi connectivity index (χ2v) is 6.82. The number of nitrogens with zero attached hydrogens (tertiary/aromatic N) is 1. The van der Waals surface area contributed by atoms with Gasteiger partial charge in [0.25, 0.3) is 0 Å². The normalized spacial score (nSPS) is 14.8. The summed E-state index contributed by atoms with van der Waals surface area (Å²) in [5.74, 6) is -0.180. The molecule has 18 heavy (non-hydrogen) atoms. The third kappa shape index (κ3) is 3.24. The van der Waals surface area contributed by atoms with E-state index in [2.05, 4.69) is 0 Å². The molecular formula is C13H16ClNO2S. The molecule has 0 aliphatic heterocycles. The summed E-state index contributed by atoms with van der Waals surface area (Å²) >= 11 is 5.73. The lowest BCUT2D eigenvalue weighted by Crippen LogP contribution is -2.27. The number of sulfone groups is 1. The van der Waals surface area contributed by atoms with E-state index < -0.39 is 15.1 Å². The van der Waals surface area contributed by atoms with Crippen LogP contribution in [0.2, 0.25) is 5.02 Å². The molecule has 1 aromatic rings. The molecule has 0 N–H and O–H groups in total. The SMILES string of the molecule is CCCC(C)C(C#N)S(=O)(=O)c1ccc(Cl)cc1. The molecule has 0 fully saturated rings. The van der Waals surface area contributed by atoms with Crippen LogP contribution in [0.4, 0.5) is 0 Å². The third-order valence-corrected chi connectivity index (χ3v) is 5.28. The number of benzene rings is 1. The van der Waals surface area contributed by atoms with E-state index in [1.54, 1.807) is 6.92 Å². The van der Waals surface area contributed by atoms with Gasteiger partial charge in [-0.25, -0.2) is 8.42 Å². The van der Waals surface area contributed by atoms with Crippen LogP contribution in [0.3, 0.4) is 0 Å². The molecule has 0 radical (unpaired) electrons. The summed E-state index contributed by atoms with van der Waals surface area (Å²) in [5.41, 5.74) is 0. The van der Waals surface area contributed by atoms with Crippen molar-refractivity contribution in [2.24, 2.45) is 5.92 Å². The Balaban J connectivity index is 3.12. The Kier molecular flexibility index (Phi) is 5.18. The lowest BCUT2D eigenvalue weighted by molar-refractivity contribution is 0.511. The monoisotopic (exact) mass is 285 g/mol. The van der Waals surface area contributed by atoms with Gasteiger partial charge >= 0.3 is 0 Å². The Morgan fingerprint density at radius 1 is 1.33 bits per heavy atom. The van der Waals surface area contributed by atoms with Crippen LogP contribution in [0, 0.1) is 17.2 Å². The molecule has 2 atom stereocenters. The zero-order valence-electron chi connectivity index (χ0n) is 10.4. The van der Waals surface area contributed by atoms with Crippen LogP contribution >= 0.6 is 11.6 Å². The Bertz CT molecular complexity index is 531. The van der Waals surface area contributed by atoms with Gasteiger partial charge in [0.1, 0.15) is 0 Å². The number of hydrogen-bond acceptors (Lipinski definition) is 3. The number of nitriles is 1. The number of rotatable bonds is 5. The molecule has 0 amide bonds. The van der Waals surface area contributed by atoms with Crippen LogP contribution in [-0.2, 0) is 9.84 Å². The van der Waals surface area contributed by atoms with Crippen molar-refractivity contribution in [2.75, 3.05) is 0 Å². The largest absolute Gasteiger partial charge is 0.222 e. The fourth-order valence-corrected chi connectivity index (χ4v) is 3.70. The van der Waals surface area contributed by atoms with Crippen LogP contribution in [0.15, 0.2) is 29.2 Å². The second kappa shape index (κ2) is 6.21. The van der Waals surface area contributed by atoms with Crippen molar-refractivity contribution in [3.05, 3.63) is 29.3 Å². The van der Waals surface area contributed by atoms with E-state index in [-0.39, 0.29) is 10.8 Å². The number of hydrogen-bond donors (Lipinski definition) is 0. The maximum atomic E-state index is 12.3. The molecular weight excluding hydrogens is 270 g/mol. The molecule has 98 valence electrons. The minimum absolute atomic E-state index is 0.154. The van der Waals surface area contributed by atoms with Crippen molar-refractivity contribution in [1.82, 2.24) is 0 Å². The van der Waals surface area contributed by atoms with Gasteiger partial charge in [-0.2, -0.15) is 5.26 Å². The molecule has 3 nitrogen and oxygen atoms in total. The molecule has 0 bridgehead atoms. The number of halogens is 1. The van der Waals surface area contributed by atoms with Crippen molar-refractivity contribution in [2.45, 2.75) is 36.8 Å². The highest BCUT2D eigenvalue weighted by Crippen LogP contribution is 2.25. The average molecular weight is 286 g/mol. The van der Waals surface area contributed by atoms with Gasteiger partial charge in [-0.1, -0.05) is 31.9 Å². The van der Waals surface area contributed by atoms with Gasteiger partial charge in [-0.15, -0.1) is 0 Å². The van der Waals surface area contributed by atoms with E-state index >= 15 is 0 Å². The Hall–Kier alpha value is -1.05. The lowest BCUT2D eigenvalue weighted by atomic mass is 10.0. The summed E-state index contributed by atoms with van der Waals surface area (Å²) in [4.78, 5) is 0.154. The van der Waals surface area contributed by atoms with E-state index in [1.807, 2.05) is 13.0 Å². The van der Waals surface area contributed by atoms with Crippen LogP contribution in [0.25, 0.3) is 0 Å². The van der Waals surface area contributed by atoms with Crippen molar-refractivity contribution in [1.29, 1.82) is 5.26 Å². The first-order chi connectivity index (χ1) is 8.43. The molecule has 0 aliphatic carbocycles. The highest BCUT2D eigenvalue weighted by Gasteiger charge is 2.31. The Morgan fingerprint density at radius 3 is 2.33 bits per heavy atom. The second-order valence-electron chi connectivity index (χ2n) is 4.31. The fraction of sp³-hybridized carbons (Fsp3) is 0.462. The summed E-state index contributed by atoms with van der Waals surface area (Å²) in [6.45, 7) is 3.77. The van der Waals surface area contributed by atoms with Gasteiger partial charge in [0.2, 0.25) is 0 Å². The van der Waals surface area contributed by atoms with Crippen molar-refractivity contribution >= 4 is 21.4 Å². The minimum Gasteiger partial charge on any atom is -0.222 e. The molecule has 1 rings (SSSR count). The zero-order valence-corrected chi connectivity index (χ0v) is 12.0. The van der Waals surface area contributed by atoms with Gasteiger partial charge < -0.3 is 0 Å². The quantitative estimate of drug-likeness (QED) is 0.832.